The van der Waals surface area contributed by atoms with Crippen LogP contribution in [0.15, 0.2) is 17.0 Å². The first-order valence-electron chi connectivity index (χ1n) is 4.92. The average Bonchev–Trinajstić information content (AvgIpc) is 2.51. The Balaban J connectivity index is 2.41. The molecule has 0 saturated heterocycles. The lowest BCUT2D eigenvalue weighted by molar-refractivity contribution is 0.327. The number of benzene rings is 1. The van der Waals surface area contributed by atoms with Gasteiger partial charge in [0.1, 0.15) is 27.2 Å². The molecule has 3 nitrogen and oxygen atoms in total. The van der Waals surface area contributed by atoms with Gasteiger partial charge in [-0.05, 0) is 30.7 Å². The van der Waals surface area contributed by atoms with Crippen molar-refractivity contribution in [3.8, 4) is 11.5 Å². The van der Waals surface area contributed by atoms with Gasteiger partial charge in [0.25, 0.3) is 0 Å². The maximum Gasteiger partial charge on any atom is 0.136 e. The zero-order valence-corrected chi connectivity index (χ0v) is 9.84. The summed E-state index contributed by atoms with van der Waals surface area (Å²) in [6.45, 7) is 0.575. The topological polar surface area (TPSA) is 44.5 Å². The molecule has 0 spiro atoms. The molecular weight excluding hydrogens is 220 g/mol. The van der Waals surface area contributed by atoms with Crippen LogP contribution >= 0.6 is 11.8 Å². The molecule has 0 aromatic heterocycles. The van der Waals surface area contributed by atoms with Crippen LogP contribution in [0.3, 0.4) is 0 Å². The Labute approximate surface area is 102 Å². The Morgan fingerprint density at radius 2 is 2.25 bits per heavy atom. The third-order valence-corrected chi connectivity index (χ3v) is 3.27. The van der Waals surface area contributed by atoms with Gasteiger partial charge in [-0.1, -0.05) is 11.8 Å². The van der Waals surface area contributed by atoms with Crippen LogP contribution in [0.2, 0.25) is 0 Å². The third kappa shape index (κ3) is 2.18. The molecule has 4 radical (unpaired) electrons. The van der Waals surface area contributed by atoms with Crippen molar-refractivity contribution in [1.29, 1.82) is 0 Å². The van der Waals surface area contributed by atoms with E-state index in [9.17, 15) is 0 Å². The Morgan fingerprint density at radius 3 is 2.88 bits per heavy atom. The van der Waals surface area contributed by atoms with Gasteiger partial charge in [0.05, 0.1) is 16.7 Å². The highest BCUT2D eigenvalue weighted by Gasteiger charge is 2.32. The van der Waals surface area contributed by atoms with E-state index >= 15 is 0 Å². The Kier molecular flexibility index (Phi) is 3.12. The lowest BCUT2D eigenvalue weighted by atomic mass is 9.80. The first-order chi connectivity index (χ1) is 7.55. The van der Waals surface area contributed by atoms with Gasteiger partial charge >= 0.3 is 0 Å². The van der Waals surface area contributed by atoms with Crippen molar-refractivity contribution in [3.05, 3.63) is 17.7 Å². The van der Waals surface area contributed by atoms with Crippen molar-refractivity contribution in [2.24, 2.45) is 5.73 Å². The number of nitrogens with two attached hydrogens (primary N) is 1. The molecule has 0 amide bonds. The summed E-state index contributed by atoms with van der Waals surface area (Å²) in [5.74, 6) is 1.39. The molecule has 2 N–H and O–H groups in total. The number of hydrogen-bond donors (Lipinski definition) is 1. The van der Waals surface area contributed by atoms with Crippen LogP contribution in [-0.2, 0) is 6.42 Å². The first kappa shape index (κ1) is 11.7. The highest BCUT2D eigenvalue weighted by Crippen LogP contribution is 2.49. The van der Waals surface area contributed by atoms with E-state index in [1.165, 1.54) is 11.8 Å². The van der Waals surface area contributed by atoms with Crippen LogP contribution in [0.5, 0.6) is 11.5 Å². The lowest BCUT2D eigenvalue weighted by Gasteiger charge is -2.17. The molecule has 80 valence electrons. The number of fused-ring (bicyclic) bond motifs is 1. The van der Waals surface area contributed by atoms with Crippen molar-refractivity contribution in [3.63, 3.8) is 0 Å². The largest absolute Gasteiger partial charge is 0.495 e. The standard InChI is InChI=1S/C10H11B2NO2S/c1-14-7-4-6(2-3-13)5-8-9(7)16-10(11,12)15-8/h4-5H,2-3,13H2,1H3. The molecule has 16 heavy (non-hydrogen) atoms. The van der Waals surface area contributed by atoms with Gasteiger partial charge in [0.15, 0.2) is 0 Å². The Morgan fingerprint density at radius 1 is 1.50 bits per heavy atom. The van der Waals surface area contributed by atoms with E-state index in [1.54, 1.807) is 7.11 Å². The first-order valence-corrected chi connectivity index (χ1v) is 5.74. The molecule has 1 heterocycles. The number of thioether (sulfide) groups is 1. The van der Waals surface area contributed by atoms with E-state index in [0.717, 1.165) is 22.6 Å². The minimum Gasteiger partial charge on any atom is -0.495 e. The second kappa shape index (κ2) is 4.26. The van der Waals surface area contributed by atoms with Crippen molar-refractivity contribution in [2.45, 2.75) is 16.0 Å². The van der Waals surface area contributed by atoms with Crippen molar-refractivity contribution >= 4 is 27.5 Å². The zero-order chi connectivity index (χ0) is 11.8. The minimum absolute atomic E-state index is 0.575. The zero-order valence-electron chi connectivity index (χ0n) is 9.03. The van der Waals surface area contributed by atoms with Crippen LogP contribution < -0.4 is 15.2 Å². The molecule has 1 aromatic rings. The highest BCUT2D eigenvalue weighted by atomic mass is 32.2. The van der Waals surface area contributed by atoms with Crippen LogP contribution in [0.1, 0.15) is 5.56 Å². The minimum atomic E-state index is -1.21. The fraction of sp³-hybridized carbons (Fsp3) is 0.400. The van der Waals surface area contributed by atoms with Crippen LogP contribution in [0, 0.1) is 0 Å². The third-order valence-electron chi connectivity index (χ3n) is 2.26. The number of rotatable bonds is 3. The maximum absolute atomic E-state index is 5.71. The second-order valence-corrected chi connectivity index (χ2v) is 4.84. The summed E-state index contributed by atoms with van der Waals surface area (Å²) in [4.78, 5) is 0.841. The fourth-order valence-corrected chi connectivity index (χ4v) is 2.52. The van der Waals surface area contributed by atoms with E-state index < -0.39 is 4.73 Å². The molecule has 0 aliphatic carbocycles. The normalized spacial score (nSPS) is 16.6. The Bertz CT molecular complexity index is 412. The molecule has 0 saturated carbocycles. The van der Waals surface area contributed by atoms with Gasteiger partial charge < -0.3 is 15.2 Å². The highest BCUT2D eigenvalue weighted by molar-refractivity contribution is 8.03. The van der Waals surface area contributed by atoms with Gasteiger partial charge in [0, 0.05) is 0 Å². The summed E-state index contributed by atoms with van der Waals surface area (Å²) in [7, 11) is 13.0. The van der Waals surface area contributed by atoms with Crippen molar-refractivity contribution < 1.29 is 9.47 Å². The van der Waals surface area contributed by atoms with E-state index in [2.05, 4.69) is 0 Å². The summed E-state index contributed by atoms with van der Waals surface area (Å²) in [5, 5.41) is 0. The van der Waals surface area contributed by atoms with Crippen LogP contribution in [0.25, 0.3) is 0 Å². The molecule has 6 heteroatoms. The van der Waals surface area contributed by atoms with Gasteiger partial charge in [-0.15, -0.1) is 0 Å². The van der Waals surface area contributed by atoms with E-state index in [1.807, 2.05) is 12.1 Å². The molecule has 0 fully saturated rings. The summed E-state index contributed by atoms with van der Waals surface area (Å²) in [6, 6.07) is 3.84. The van der Waals surface area contributed by atoms with Gasteiger partial charge in [-0.2, -0.15) is 0 Å². The van der Waals surface area contributed by atoms with Crippen molar-refractivity contribution in [1.82, 2.24) is 0 Å². The summed E-state index contributed by atoms with van der Waals surface area (Å²) >= 11 is 1.25. The van der Waals surface area contributed by atoms with E-state index in [4.69, 9.17) is 30.9 Å². The average molecular weight is 231 g/mol. The SMILES string of the molecule is [B]C1([B])Oc2cc(CCN)cc(OC)c2S1. The van der Waals surface area contributed by atoms with Crippen LogP contribution in [0.4, 0.5) is 0 Å². The lowest BCUT2D eigenvalue weighted by Crippen LogP contribution is -2.28. The maximum atomic E-state index is 5.71. The molecule has 0 unspecified atom stereocenters. The number of ether oxygens (including phenoxy) is 2. The Hall–Kier alpha value is -0.740. The quantitative estimate of drug-likeness (QED) is 0.774. The molecular formula is C10H11B2NO2S. The van der Waals surface area contributed by atoms with Crippen LogP contribution in [-0.4, -0.2) is 34.1 Å². The fourth-order valence-electron chi connectivity index (χ4n) is 1.62. The molecule has 1 aliphatic heterocycles. The smallest absolute Gasteiger partial charge is 0.136 e. The summed E-state index contributed by atoms with van der Waals surface area (Å²) < 4.78 is 9.49. The molecule has 2 rings (SSSR count). The summed E-state index contributed by atoms with van der Waals surface area (Å²) in [5.41, 5.74) is 6.57. The predicted molar refractivity (Wildman–Crippen MR) is 66.5 cm³/mol. The van der Waals surface area contributed by atoms with Gasteiger partial charge in [-0.3, -0.25) is 0 Å². The van der Waals surface area contributed by atoms with Gasteiger partial charge in [-0.25, -0.2) is 0 Å². The van der Waals surface area contributed by atoms with E-state index in [-0.39, 0.29) is 0 Å². The molecule has 1 aromatic carbocycles. The molecule has 0 bridgehead atoms. The predicted octanol–water partition coefficient (Wildman–Crippen LogP) is 0.629. The summed E-state index contributed by atoms with van der Waals surface area (Å²) in [6.07, 6.45) is 0.764. The molecule has 0 atom stereocenters. The molecule has 1 aliphatic rings. The monoisotopic (exact) mass is 231 g/mol. The van der Waals surface area contributed by atoms with E-state index in [0.29, 0.717) is 12.3 Å². The second-order valence-electron chi connectivity index (χ2n) is 3.59. The number of methoxy groups -OCH3 is 1. The number of hydrogen-bond acceptors (Lipinski definition) is 4. The van der Waals surface area contributed by atoms with Crippen molar-refractivity contribution in [2.75, 3.05) is 13.7 Å². The van der Waals surface area contributed by atoms with Gasteiger partial charge in [0.2, 0.25) is 0 Å².